The Kier molecular flexibility index (Phi) is 3.99. The highest BCUT2D eigenvalue weighted by Crippen LogP contribution is 2.25. The summed E-state index contributed by atoms with van der Waals surface area (Å²) in [5.74, 6) is -0.605. The molecular weight excluding hydrogens is 253 g/mol. The van der Waals surface area contributed by atoms with Crippen molar-refractivity contribution in [2.75, 3.05) is 7.11 Å². The predicted octanol–water partition coefficient (Wildman–Crippen LogP) is 2.27. The highest BCUT2D eigenvalue weighted by molar-refractivity contribution is 6.43. The zero-order valence-electron chi connectivity index (χ0n) is 9.13. The fourth-order valence-electron chi connectivity index (χ4n) is 1.49. The van der Waals surface area contributed by atoms with Crippen LogP contribution in [0.1, 0.15) is 23.0 Å². The van der Waals surface area contributed by atoms with E-state index in [4.69, 9.17) is 23.2 Å². The Hall–Kier alpha value is -1.00. The Labute approximate surface area is 103 Å². The third-order valence-electron chi connectivity index (χ3n) is 2.32. The summed E-state index contributed by atoms with van der Waals surface area (Å²) in [6, 6.07) is 0. The van der Waals surface area contributed by atoms with Crippen LogP contribution >= 0.6 is 23.2 Å². The average Bonchev–Trinajstić information content (AvgIpc) is 2.27. The first kappa shape index (κ1) is 13.1. The van der Waals surface area contributed by atoms with Crippen LogP contribution in [0.5, 0.6) is 0 Å². The van der Waals surface area contributed by atoms with Gasteiger partial charge in [-0.05, 0) is 13.8 Å². The van der Waals surface area contributed by atoms with Gasteiger partial charge in [0.2, 0.25) is 0 Å². The lowest BCUT2D eigenvalue weighted by Gasteiger charge is -2.13. The fraction of sp³-hybridized carbons (Fsp3) is 0.400. The van der Waals surface area contributed by atoms with E-state index in [1.165, 1.54) is 11.7 Å². The lowest BCUT2D eigenvalue weighted by Crippen LogP contribution is -2.25. The van der Waals surface area contributed by atoms with Crippen LogP contribution in [-0.2, 0) is 11.3 Å². The number of aromatic nitrogens is 1. The molecule has 0 aliphatic heterocycles. The number of ether oxygens (including phenoxy) is 1. The molecule has 0 saturated carbocycles. The second-order valence-electron chi connectivity index (χ2n) is 3.13. The number of nitrogens with zero attached hydrogens (tertiary/aromatic N) is 1. The summed E-state index contributed by atoms with van der Waals surface area (Å²) in [5, 5.41) is -0.213. The van der Waals surface area contributed by atoms with Gasteiger partial charge < -0.3 is 9.30 Å². The van der Waals surface area contributed by atoms with Gasteiger partial charge in [-0.2, -0.15) is 0 Å². The van der Waals surface area contributed by atoms with E-state index in [2.05, 4.69) is 4.74 Å². The average molecular weight is 264 g/mol. The van der Waals surface area contributed by atoms with Gasteiger partial charge in [0.25, 0.3) is 5.56 Å². The van der Waals surface area contributed by atoms with Crippen molar-refractivity contribution in [1.29, 1.82) is 0 Å². The van der Waals surface area contributed by atoms with Crippen molar-refractivity contribution in [2.24, 2.45) is 0 Å². The Bertz CT molecular complexity index is 494. The Morgan fingerprint density at radius 1 is 1.38 bits per heavy atom. The van der Waals surface area contributed by atoms with Gasteiger partial charge in [-0.25, -0.2) is 4.79 Å². The third-order valence-corrected chi connectivity index (χ3v) is 3.14. The molecule has 0 saturated heterocycles. The number of esters is 1. The third kappa shape index (κ3) is 1.95. The molecular formula is C10H11Cl2NO3. The van der Waals surface area contributed by atoms with E-state index in [1.807, 2.05) is 0 Å². The van der Waals surface area contributed by atoms with Crippen LogP contribution in [0.15, 0.2) is 4.79 Å². The van der Waals surface area contributed by atoms with Crippen molar-refractivity contribution in [2.45, 2.75) is 20.4 Å². The van der Waals surface area contributed by atoms with Crippen molar-refractivity contribution in [1.82, 2.24) is 4.57 Å². The SMILES string of the molecule is CCn1c(C)c(C(=O)OC)c(Cl)c(Cl)c1=O. The van der Waals surface area contributed by atoms with Gasteiger partial charge in [0.1, 0.15) is 5.02 Å². The van der Waals surface area contributed by atoms with Crippen molar-refractivity contribution in [3.63, 3.8) is 0 Å². The molecule has 6 heteroatoms. The molecule has 0 fully saturated rings. The molecule has 1 aromatic rings. The molecule has 0 aromatic carbocycles. The van der Waals surface area contributed by atoms with Crippen LogP contribution in [0, 0.1) is 6.92 Å². The molecule has 0 spiro atoms. The minimum atomic E-state index is -0.605. The highest BCUT2D eigenvalue weighted by Gasteiger charge is 2.22. The normalized spacial score (nSPS) is 10.3. The van der Waals surface area contributed by atoms with Gasteiger partial charge in [0, 0.05) is 12.2 Å². The van der Waals surface area contributed by atoms with Crippen LogP contribution in [-0.4, -0.2) is 17.6 Å². The van der Waals surface area contributed by atoms with Gasteiger partial charge in [0.15, 0.2) is 0 Å². The number of halogens is 2. The molecule has 1 aromatic heterocycles. The molecule has 0 N–H and O–H groups in total. The molecule has 1 rings (SSSR count). The van der Waals surface area contributed by atoms with Crippen molar-refractivity contribution in [3.05, 3.63) is 31.7 Å². The summed E-state index contributed by atoms with van der Waals surface area (Å²) in [4.78, 5) is 23.2. The van der Waals surface area contributed by atoms with E-state index in [9.17, 15) is 9.59 Å². The first-order valence-electron chi connectivity index (χ1n) is 4.62. The maximum absolute atomic E-state index is 11.7. The summed E-state index contributed by atoms with van der Waals surface area (Å²) in [6.45, 7) is 3.81. The van der Waals surface area contributed by atoms with E-state index in [-0.39, 0.29) is 15.6 Å². The number of carbonyl (C=O) groups excluding carboxylic acids is 1. The molecule has 0 unspecified atom stereocenters. The maximum atomic E-state index is 11.7. The van der Waals surface area contributed by atoms with Gasteiger partial charge in [0.05, 0.1) is 17.7 Å². The predicted molar refractivity (Wildman–Crippen MR) is 62.5 cm³/mol. The number of methoxy groups -OCH3 is 1. The number of pyridine rings is 1. The van der Waals surface area contributed by atoms with Crippen molar-refractivity contribution in [3.8, 4) is 0 Å². The van der Waals surface area contributed by atoms with Crippen LogP contribution in [0.25, 0.3) is 0 Å². The molecule has 88 valence electrons. The first-order valence-corrected chi connectivity index (χ1v) is 5.38. The Morgan fingerprint density at radius 3 is 2.38 bits per heavy atom. The summed E-state index contributed by atoms with van der Waals surface area (Å²) in [5.41, 5.74) is 0.184. The molecule has 0 aliphatic rings. The first-order chi connectivity index (χ1) is 7.45. The molecule has 0 aliphatic carbocycles. The molecule has 1 heterocycles. The monoisotopic (exact) mass is 263 g/mol. The van der Waals surface area contributed by atoms with Gasteiger partial charge in [-0.1, -0.05) is 23.2 Å². The van der Waals surface area contributed by atoms with Crippen LogP contribution in [0.2, 0.25) is 10.0 Å². The quantitative estimate of drug-likeness (QED) is 0.770. The summed E-state index contributed by atoms with van der Waals surface area (Å²) >= 11 is 11.6. The van der Waals surface area contributed by atoms with E-state index >= 15 is 0 Å². The second kappa shape index (κ2) is 4.89. The summed E-state index contributed by atoms with van der Waals surface area (Å²) in [7, 11) is 1.24. The van der Waals surface area contributed by atoms with Crippen LogP contribution in [0.4, 0.5) is 0 Å². The molecule has 0 atom stereocenters. The number of carbonyl (C=O) groups is 1. The zero-order chi connectivity index (χ0) is 12.5. The summed E-state index contributed by atoms with van der Waals surface area (Å²) in [6.07, 6.45) is 0. The standard InChI is InChI=1S/C10H11Cl2NO3/c1-4-13-5(2)6(10(15)16-3)7(11)8(12)9(13)14/h4H2,1-3H3. The van der Waals surface area contributed by atoms with Crippen LogP contribution in [0.3, 0.4) is 0 Å². The second-order valence-corrected chi connectivity index (χ2v) is 3.89. The van der Waals surface area contributed by atoms with Gasteiger partial charge in [-0.15, -0.1) is 0 Å². The van der Waals surface area contributed by atoms with E-state index < -0.39 is 11.5 Å². The Balaban J connectivity index is 3.69. The molecule has 0 amide bonds. The largest absolute Gasteiger partial charge is 0.465 e. The van der Waals surface area contributed by atoms with Gasteiger partial charge in [-0.3, -0.25) is 4.79 Å². The molecule has 0 bridgehead atoms. The zero-order valence-corrected chi connectivity index (χ0v) is 10.6. The van der Waals surface area contributed by atoms with E-state index in [0.29, 0.717) is 12.2 Å². The number of hydrogen-bond donors (Lipinski definition) is 0. The molecule has 16 heavy (non-hydrogen) atoms. The van der Waals surface area contributed by atoms with Crippen LogP contribution < -0.4 is 5.56 Å². The van der Waals surface area contributed by atoms with E-state index in [0.717, 1.165) is 0 Å². The fourth-order valence-corrected chi connectivity index (χ4v) is 1.98. The lowest BCUT2D eigenvalue weighted by molar-refractivity contribution is 0.0599. The Morgan fingerprint density at radius 2 is 1.94 bits per heavy atom. The van der Waals surface area contributed by atoms with Gasteiger partial charge >= 0.3 is 5.97 Å². The number of hydrogen-bond acceptors (Lipinski definition) is 3. The minimum Gasteiger partial charge on any atom is -0.465 e. The number of rotatable bonds is 2. The lowest BCUT2D eigenvalue weighted by atomic mass is 10.2. The van der Waals surface area contributed by atoms with E-state index in [1.54, 1.807) is 13.8 Å². The van der Waals surface area contributed by atoms with Crippen molar-refractivity contribution >= 4 is 29.2 Å². The molecule has 4 nitrogen and oxygen atoms in total. The molecule has 0 radical (unpaired) electrons. The van der Waals surface area contributed by atoms with Crippen molar-refractivity contribution < 1.29 is 9.53 Å². The smallest absolute Gasteiger partial charge is 0.341 e. The highest BCUT2D eigenvalue weighted by atomic mass is 35.5. The topological polar surface area (TPSA) is 48.3 Å². The maximum Gasteiger partial charge on any atom is 0.341 e. The summed E-state index contributed by atoms with van der Waals surface area (Å²) < 4.78 is 5.97. The minimum absolute atomic E-state index is 0.0549.